The summed E-state index contributed by atoms with van der Waals surface area (Å²) in [4.78, 5) is 13.8. The highest BCUT2D eigenvalue weighted by Gasteiger charge is 2.29. The third-order valence-electron chi connectivity index (χ3n) is 3.71. The molecule has 0 aromatic heterocycles. The Morgan fingerprint density at radius 2 is 1.82 bits per heavy atom. The van der Waals surface area contributed by atoms with Crippen molar-refractivity contribution in [2.24, 2.45) is 0 Å². The Bertz CT molecular complexity index is 650. The van der Waals surface area contributed by atoms with Crippen LogP contribution in [0, 0.1) is 0 Å². The minimum atomic E-state index is -0.623. The zero-order valence-electron chi connectivity index (χ0n) is 13.3. The van der Waals surface area contributed by atoms with Gasteiger partial charge in [-0.3, -0.25) is 4.79 Å². The van der Waals surface area contributed by atoms with Gasteiger partial charge < -0.3 is 10.1 Å². The fourth-order valence-corrected chi connectivity index (χ4v) is 2.59. The Hall–Kier alpha value is -1.94. The van der Waals surface area contributed by atoms with Gasteiger partial charge in [-0.1, -0.05) is 18.2 Å². The van der Waals surface area contributed by atoms with Crippen LogP contribution in [-0.4, -0.2) is 19.3 Å². The molecule has 1 N–H and O–H groups in total. The number of hydrogen-bond acceptors (Lipinski definition) is 3. The van der Waals surface area contributed by atoms with Crippen LogP contribution in [0.2, 0.25) is 0 Å². The zero-order chi connectivity index (χ0) is 16.2. The van der Waals surface area contributed by atoms with Crippen molar-refractivity contribution >= 4 is 23.4 Å². The van der Waals surface area contributed by atoms with Crippen molar-refractivity contribution in [3.05, 3.63) is 54.1 Å². The average molecular weight is 315 g/mol. The summed E-state index contributed by atoms with van der Waals surface area (Å²) in [5.74, 6) is 0.753. The quantitative estimate of drug-likeness (QED) is 0.834. The van der Waals surface area contributed by atoms with E-state index in [4.69, 9.17) is 4.74 Å². The summed E-state index contributed by atoms with van der Waals surface area (Å²) in [5.41, 5.74) is 1.15. The third kappa shape index (κ3) is 3.63. The molecule has 116 valence electrons. The van der Waals surface area contributed by atoms with Crippen LogP contribution >= 0.6 is 11.8 Å². The van der Waals surface area contributed by atoms with Gasteiger partial charge in [0.1, 0.15) is 5.75 Å². The van der Waals surface area contributed by atoms with Gasteiger partial charge in [0.15, 0.2) is 0 Å². The largest absolute Gasteiger partial charge is 0.497 e. The number of ether oxygens (including phenoxy) is 1. The number of thioether (sulfide) groups is 1. The monoisotopic (exact) mass is 315 g/mol. The molecule has 1 amide bonds. The van der Waals surface area contributed by atoms with E-state index < -0.39 is 5.41 Å². The molecular formula is C18H21NO2S. The van der Waals surface area contributed by atoms with Gasteiger partial charge in [-0.15, -0.1) is 11.8 Å². The molecule has 2 rings (SSSR count). The van der Waals surface area contributed by atoms with E-state index in [0.717, 1.165) is 21.9 Å². The normalized spacial score (nSPS) is 11.1. The molecule has 0 saturated carbocycles. The number of carbonyl (C=O) groups excluding carboxylic acids is 1. The first-order valence-electron chi connectivity index (χ1n) is 7.07. The van der Waals surface area contributed by atoms with Crippen LogP contribution in [0.15, 0.2) is 53.4 Å². The van der Waals surface area contributed by atoms with E-state index in [-0.39, 0.29) is 5.91 Å². The first-order chi connectivity index (χ1) is 10.5. The fourth-order valence-electron chi connectivity index (χ4n) is 2.13. The number of methoxy groups -OCH3 is 1. The summed E-state index contributed by atoms with van der Waals surface area (Å²) in [6.07, 6.45) is 2.02. The minimum absolute atomic E-state index is 0.0316. The van der Waals surface area contributed by atoms with Crippen LogP contribution in [0.25, 0.3) is 0 Å². The van der Waals surface area contributed by atoms with E-state index >= 15 is 0 Å². The third-order valence-corrected chi connectivity index (χ3v) is 4.43. The molecule has 0 saturated heterocycles. The van der Waals surface area contributed by atoms with Gasteiger partial charge in [0.05, 0.1) is 12.5 Å². The second kappa shape index (κ2) is 6.88. The van der Waals surface area contributed by atoms with Crippen molar-refractivity contribution in [3.8, 4) is 5.75 Å². The van der Waals surface area contributed by atoms with Gasteiger partial charge in [0, 0.05) is 10.6 Å². The first-order valence-corrected chi connectivity index (χ1v) is 8.30. The highest BCUT2D eigenvalue weighted by atomic mass is 32.2. The lowest BCUT2D eigenvalue weighted by Gasteiger charge is -2.24. The maximum Gasteiger partial charge on any atom is 0.234 e. The minimum Gasteiger partial charge on any atom is -0.497 e. The molecule has 0 bridgehead atoms. The molecule has 0 spiro atoms. The molecule has 2 aromatic rings. The second-order valence-corrected chi connectivity index (χ2v) is 6.42. The Balaban J connectivity index is 2.18. The summed E-state index contributed by atoms with van der Waals surface area (Å²) in [7, 11) is 1.63. The van der Waals surface area contributed by atoms with E-state index in [2.05, 4.69) is 5.32 Å². The molecule has 4 heteroatoms. The SMILES string of the molecule is COc1ccc(C(C)(C)C(=O)Nc2cccc(SC)c2)cc1. The van der Waals surface area contributed by atoms with Crippen LogP contribution < -0.4 is 10.1 Å². The first kappa shape index (κ1) is 16.4. The number of hydrogen-bond donors (Lipinski definition) is 1. The van der Waals surface area contributed by atoms with Gasteiger partial charge in [-0.2, -0.15) is 0 Å². The van der Waals surface area contributed by atoms with Crippen molar-refractivity contribution in [2.75, 3.05) is 18.7 Å². The molecule has 0 radical (unpaired) electrons. The molecule has 0 atom stereocenters. The van der Waals surface area contributed by atoms with Crippen LogP contribution in [0.1, 0.15) is 19.4 Å². The number of carbonyl (C=O) groups is 1. The van der Waals surface area contributed by atoms with Gasteiger partial charge >= 0.3 is 0 Å². The predicted molar refractivity (Wildman–Crippen MR) is 92.9 cm³/mol. The molecule has 0 aliphatic rings. The average Bonchev–Trinajstić information content (AvgIpc) is 2.55. The molecule has 22 heavy (non-hydrogen) atoms. The van der Waals surface area contributed by atoms with Crippen molar-refractivity contribution in [1.82, 2.24) is 0 Å². The Kier molecular flexibility index (Phi) is 5.14. The summed E-state index contributed by atoms with van der Waals surface area (Å²) >= 11 is 1.65. The summed E-state index contributed by atoms with van der Waals surface area (Å²) < 4.78 is 5.16. The smallest absolute Gasteiger partial charge is 0.234 e. The second-order valence-electron chi connectivity index (χ2n) is 5.54. The summed E-state index contributed by atoms with van der Waals surface area (Å²) in [6, 6.07) is 15.5. The van der Waals surface area contributed by atoms with Gasteiger partial charge in [-0.25, -0.2) is 0 Å². The van der Waals surface area contributed by atoms with Crippen molar-refractivity contribution in [1.29, 1.82) is 0 Å². The maximum absolute atomic E-state index is 12.6. The lowest BCUT2D eigenvalue weighted by atomic mass is 9.83. The van der Waals surface area contributed by atoms with E-state index in [1.807, 2.05) is 68.6 Å². The van der Waals surface area contributed by atoms with Crippen LogP contribution in [0.5, 0.6) is 5.75 Å². The fraction of sp³-hybridized carbons (Fsp3) is 0.278. The van der Waals surface area contributed by atoms with Crippen molar-refractivity contribution in [2.45, 2.75) is 24.2 Å². The summed E-state index contributed by atoms with van der Waals surface area (Å²) in [5, 5.41) is 3.00. The highest BCUT2D eigenvalue weighted by Crippen LogP contribution is 2.27. The number of rotatable bonds is 5. The molecule has 0 unspecified atom stereocenters. The van der Waals surface area contributed by atoms with Gasteiger partial charge in [-0.05, 0) is 56.0 Å². The maximum atomic E-state index is 12.6. The molecule has 0 heterocycles. The van der Waals surface area contributed by atoms with E-state index in [0.29, 0.717) is 0 Å². The predicted octanol–water partition coefficient (Wildman–Crippen LogP) is 4.33. The molecule has 0 aliphatic carbocycles. The molecule has 0 aliphatic heterocycles. The van der Waals surface area contributed by atoms with Crippen LogP contribution in [0.4, 0.5) is 5.69 Å². The lowest BCUT2D eigenvalue weighted by Crippen LogP contribution is -2.34. The van der Waals surface area contributed by atoms with Crippen LogP contribution in [0.3, 0.4) is 0 Å². The zero-order valence-corrected chi connectivity index (χ0v) is 14.2. The standard InChI is InChI=1S/C18H21NO2S/c1-18(2,13-8-10-15(21-3)11-9-13)17(20)19-14-6-5-7-16(12-14)22-4/h5-12H,1-4H3,(H,19,20). The van der Waals surface area contributed by atoms with Gasteiger partial charge in [0.25, 0.3) is 0 Å². The summed E-state index contributed by atoms with van der Waals surface area (Å²) in [6.45, 7) is 3.84. The molecular weight excluding hydrogens is 294 g/mol. The topological polar surface area (TPSA) is 38.3 Å². The Labute approximate surface area is 136 Å². The Morgan fingerprint density at radius 3 is 2.41 bits per heavy atom. The highest BCUT2D eigenvalue weighted by molar-refractivity contribution is 7.98. The molecule has 0 fully saturated rings. The molecule has 3 nitrogen and oxygen atoms in total. The lowest BCUT2D eigenvalue weighted by molar-refractivity contribution is -0.120. The van der Waals surface area contributed by atoms with Crippen molar-refractivity contribution in [3.63, 3.8) is 0 Å². The van der Waals surface area contributed by atoms with Gasteiger partial charge in [0.2, 0.25) is 5.91 Å². The van der Waals surface area contributed by atoms with Crippen molar-refractivity contribution < 1.29 is 9.53 Å². The van der Waals surface area contributed by atoms with E-state index in [9.17, 15) is 4.79 Å². The number of benzene rings is 2. The number of amides is 1. The Morgan fingerprint density at radius 1 is 1.14 bits per heavy atom. The van der Waals surface area contributed by atoms with Crippen LogP contribution in [-0.2, 0) is 10.2 Å². The van der Waals surface area contributed by atoms with E-state index in [1.165, 1.54) is 0 Å². The number of nitrogens with one attached hydrogen (secondary N) is 1. The number of anilines is 1. The van der Waals surface area contributed by atoms with E-state index in [1.54, 1.807) is 18.9 Å². The molecule has 2 aromatic carbocycles.